The van der Waals surface area contributed by atoms with Crippen LogP contribution in [0.5, 0.6) is 0 Å². The van der Waals surface area contributed by atoms with Crippen LogP contribution in [0.25, 0.3) is 11.4 Å². The highest BCUT2D eigenvalue weighted by Gasteiger charge is 2.13. The smallest absolute Gasteiger partial charge is 0.270 e. The Labute approximate surface area is 159 Å². The average Bonchev–Trinajstić information content (AvgIpc) is 2.69. The van der Waals surface area contributed by atoms with Gasteiger partial charge < -0.3 is 10.6 Å². The number of rotatable bonds is 6. The summed E-state index contributed by atoms with van der Waals surface area (Å²) in [6, 6.07) is 17.4. The van der Waals surface area contributed by atoms with E-state index >= 15 is 0 Å². The van der Waals surface area contributed by atoms with E-state index in [0.29, 0.717) is 23.9 Å². The number of carbonyl (C=O) groups excluding carboxylic acids is 1. The Kier molecular flexibility index (Phi) is 5.61. The summed E-state index contributed by atoms with van der Waals surface area (Å²) in [6.07, 6.45) is 1.63. The van der Waals surface area contributed by atoms with Gasteiger partial charge in [-0.15, -0.1) is 6.58 Å². The summed E-state index contributed by atoms with van der Waals surface area (Å²) in [5.74, 6) is 0.805. The Balaban J connectivity index is 2.04. The van der Waals surface area contributed by atoms with Gasteiger partial charge in [-0.05, 0) is 25.0 Å². The summed E-state index contributed by atoms with van der Waals surface area (Å²) >= 11 is 0. The summed E-state index contributed by atoms with van der Waals surface area (Å²) in [7, 11) is 0. The van der Waals surface area contributed by atoms with E-state index in [1.54, 1.807) is 12.1 Å². The number of carbonyl (C=O) groups is 1. The molecule has 0 aliphatic heterocycles. The van der Waals surface area contributed by atoms with Gasteiger partial charge >= 0.3 is 0 Å². The van der Waals surface area contributed by atoms with Crippen LogP contribution in [0, 0.1) is 13.8 Å². The Morgan fingerprint density at radius 2 is 1.74 bits per heavy atom. The van der Waals surface area contributed by atoms with Crippen molar-refractivity contribution in [3.8, 4) is 11.4 Å². The van der Waals surface area contributed by atoms with Crippen LogP contribution in [0.2, 0.25) is 0 Å². The van der Waals surface area contributed by atoms with Crippen LogP contribution in [0.4, 0.5) is 11.5 Å². The maximum absolute atomic E-state index is 12.4. The van der Waals surface area contributed by atoms with E-state index in [2.05, 4.69) is 27.2 Å². The van der Waals surface area contributed by atoms with Crippen LogP contribution in [-0.2, 0) is 0 Å². The molecule has 3 rings (SSSR count). The molecule has 1 heterocycles. The van der Waals surface area contributed by atoms with Crippen molar-refractivity contribution < 1.29 is 4.79 Å². The van der Waals surface area contributed by atoms with Crippen LogP contribution >= 0.6 is 0 Å². The monoisotopic (exact) mass is 358 g/mol. The molecule has 0 radical (unpaired) electrons. The van der Waals surface area contributed by atoms with Crippen molar-refractivity contribution in [3.05, 3.63) is 84.1 Å². The van der Waals surface area contributed by atoms with Crippen LogP contribution in [-0.4, -0.2) is 22.4 Å². The third-order valence-corrected chi connectivity index (χ3v) is 4.13. The first-order chi connectivity index (χ1) is 13.1. The van der Waals surface area contributed by atoms with E-state index in [1.165, 1.54) is 0 Å². The molecule has 0 spiro atoms. The second-order valence-corrected chi connectivity index (χ2v) is 6.22. The first kappa shape index (κ1) is 18.3. The molecule has 0 saturated heterocycles. The van der Waals surface area contributed by atoms with Crippen LogP contribution in [0.1, 0.15) is 21.6 Å². The molecule has 0 aliphatic rings. The third kappa shape index (κ3) is 4.39. The minimum atomic E-state index is -0.265. The number of aryl methyl sites for hydroxylation is 2. The van der Waals surface area contributed by atoms with E-state index in [9.17, 15) is 4.79 Å². The number of nitrogens with one attached hydrogen (secondary N) is 2. The Hall–Kier alpha value is -3.47. The number of nitrogens with zero attached hydrogens (tertiary/aromatic N) is 2. The number of amides is 1. The highest BCUT2D eigenvalue weighted by molar-refractivity contribution is 5.93. The molecule has 3 aromatic rings. The van der Waals surface area contributed by atoms with E-state index in [0.717, 1.165) is 22.4 Å². The quantitative estimate of drug-likeness (QED) is 0.640. The standard InChI is InChI=1S/C22H22N4O/c1-4-13-23-22(27)18-14-19(25-20-15(2)9-8-10-16(20)3)26-21(24-18)17-11-6-5-7-12-17/h4-12,14H,1,13H2,2-3H3,(H,23,27)(H,24,25,26). The molecule has 0 fully saturated rings. The fourth-order valence-corrected chi connectivity index (χ4v) is 2.74. The van der Waals surface area contributed by atoms with E-state index in [4.69, 9.17) is 0 Å². The number of hydrogen-bond donors (Lipinski definition) is 2. The first-order valence-corrected chi connectivity index (χ1v) is 8.75. The molecule has 1 amide bonds. The lowest BCUT2D eigenvalue weighted by atomic mass is 10.1. The van der Waals surface area contributed by atoms with E-state index in [-0.39, 0.29) is 5.91 Å². The Bertz CT molecular complexity index is 947. The largest absolute Gasteiger partial charge is 0.347 e. The summed E-state index contributed by atoms with van der Waals surface area (Å²) in [5.41, 5.74) is 4.34. The number of anilines is 2. The number of aromatic nitrogens is 2. The fourth-order valence-electron chi connectivity index (χ4n) is 2.74. The van der Waals surface area contributed by atoms with Gasteiger partial charge in [0.25, 0.3) is 5.91 Å². The van der Waals surface area contributed by atoms with Gasteiger partial charge in [-0.3, -0.25) is 4.79 Å². The van der Waals surface area contributed by atoms with Crippen LogP contribution in [0.3, 0.4) is 0 Å². The van der Waals surface area contributed by atoms with Crippen molar-refractivity contribution in [3.63, 3.8) is 0 Å². The number of hydrogen-bond acceptors (Lipinski definition) is 4. The lowest BCUT2D eigenvalue weighted by Gasteiger charge is -2.14. The van der Waals surface area contributed by atoms with Gasteiger partial charge in [0.05, 0.1) is 0 Å². The molecule has 2 N–H and O–H groups in total. The summed E-state index contributed by atoms with van der Waals surface area (Å²) < 4.78 is 0. The molecule has 5 nitrogen and oxygen atoms in total. The third-order valence-electron chi connectivity index (χ3n) is 4.13. The molecule has 5 heteroatoms. The normalized spacial score (nSPS) is 10.3. The molecule has 0 unspecified atom stereocenters. The van der Waals surface area contributed by atoms with Gasteiger partial charge in [0.1, 0.15) is 11.5 Å². The van der Waals surface area contributed by atoms with Gasteiger partial charge in [-0.2, -0.15) is 0 Å². The molecule has 0 aliphatic carbocycles. The zero-order valence-electron chi connectivity index (χ0n) is 15.5. The van der Waals surface area contributed by atoms with Gasteiger partial charge in [-0.25, -0.2) is 9.97 Å². The maximum Gasteiger partial charge on any atom is 0.270 e. The zero-order valence-corrected chi connectivity index (χ0v) is 15.5. The van der Waals surface area contributed by atoms with Gasteiger partial charge in [0, 0.05) is 23.9 Å². The molecule has 0 atom stereocenters. The zero-order chi connectivity index (χ0) is 19.2. The molecular weight excluding hydrogens is 336 g/mol. The minimum Gasteiger partial charge on any atom is -0.347 e. The number of para-hydroxylation sites is 1. The lowest BCUT2D eigenvalue weighted by Crippen LogP contribution is -2.24. The molecule has 2 aromatic carbocycles. The van der Waals surface area contributed by atoms with Crippen molar-refractivity contribution in [2.24, 2.45) is 0 Å². The predicted molar refractivity (Wildman–Crippen MR) is 109 cm³/mol. The first-order valence-electron chi connectivity index (χ1n) is 8.75. The predicted octanol–water partition coefficient (Wildman–Crippen LogP) is 4.42. The maximum atomic E-state index is 12.4. The van der Waals surface area contributed by atoms with E-state index in [1.807, 2.05) is 62.4 Å². The molecule has 1 aromatic heterocycles. The Morgan fingerprint density at radius 1 is 1.04 bits per heavy atom. The van der Waals surface area contributed by atoms with Crippen LogP contribution < -0.4 is 10.6 Å². The molecular formula is C22H22N4O. The second-order valence-electron chi connectivity index (χ2n) is 6.22. The molecule has 136 valence electrons. The highest BCUT2D eigenvalue weighted by atomic mass is 16.1. The summed E-state index contributed by atoms with van der Waals surface area (Å²) in [6.45, 7) is 8.07. The van der Waals surface area contributed by atoms with E-state index < -0.39 is 0 Å². The van der Waals surface area contributed by atoms with Gasteiger partial charge in [0.2, 0.25) is 0 Å². The van der Waals surface area contributed by atoms with Crippen molar-refractivity contribution in [1.82, 2.24) is 15.3 Å². The SMILES string of the molecule is C=CCNC(=O)c1cc(Nc2c(C)cccc2C)nc(-c2ccccc2)n1. The van der Waals surface area contributed by atoms with Gasteiger partial charge in [0.15, 0.2) is 5.82 Å². The molecule has 0 saturated carbocycles. The van der Waals surface area contributed by atoms with Crippen molar-refractivity contribution in [1.29, 1.82) is 0 Å². The fraction of sp³-hybridized carbons (Fsp3) is 0.136. The summed E-state index contributed by atoms with van der Waals surface area (Å²) in [4.78, 5) is 21.5. The van der Waals surface area contributed by atoms with Crippen molar-refractivity contribution in [2.75, 3.05) is 11.9 Å². The average molecular weight is 358 g/mol. The van der Waals surface area contributed by atoms with Crippen LogP contribution in [0.15, 0.2) is 67.3 Å². The highest BCUT2D eigenvalue weighted by Crippen LogP contribution is 2.25. The Morgan fingerprint density at radius 3 is 2.41 bits per heavy atom. The molecule has 27 heavy (non-hydrogen) atoms. The number of benzene rings is 2. The van der Waals surface area contributed by atoms with Gasteiger partial charge in [-0.1, -0.05) is 54.6 Å². The van der Waals surface area contributed by atoms with Crippen molar-refractivity contribution >= 4 is 17.4 Å². The summed E-state index contributed by atoms with van der Waals surface area (Å²) in [5, 5.41) is 6.12. The molecule has 0 bridgehead atoms. The lowest BCUT2D eigenvalue weighted by molar-refractivity contribution is 0.0953. The van der Waals surface area contributed by atoms with Crippen molar-refractivity contribution in [2.45, 2.75) is 13.8 Å². The topological polar surface area (TPSA) is 66.9 Å². The second kappa shape index (κ2) is 8.27. The minimum absolute atomic E-state index is 0.265.